The summed E-state index contributed by atoms with van der Waals surface area (Å²) in [5, 5.41) is 12.6. The molecule has 4 heteroatoms. The maximum Gasteiger partial charge on any atom is 0.220 e. The zero-order valence-corrected chi connectivity index (χ0v) is 10.3. The molecule has 96 valence electrons. The lowest BCUT2D eigenvalue weighted by atomic mass is 10.1. The van der Waals surface area contributed by atoms with Gasteiger partial charge in [0.2, 0.25) is 5.91 Å². The minimum Gasteiger partial charge on any atom is -0.396 e. The van der Waals surface area contributed by atoms with E-state index < -0.39 is 0 Å². The van der Waals surface area contributed by atoms with Crippen LogP contribution in [-0.4, -0.2) is 29.1 Å². The maximum atomic E-state index is 11.5. The molecule has 0 radical (unpaired) electrons. The maximum absolute atomic E-state index is 11.5. The van der Waals surface area contributed by atoms with Crippen LogP contribution < -0.4 is 5.32 Å². The molecule has 18 heavy (non-hydrogen) atoms. The van der Waals surface area contributed by atoms with Crippen LogP contribution in [0.15, 0.2) is 30.5 Å². The molecule has 1 aromatic carbocycles. The normalized spacial score (nSPS) is 10.7. The Morgan fingerprint density at radius 1 is 1.33 bits per heavy atom. The van der Waals surface area contributed by atoms with Crippen molar-refractivity contribution in [2.45, 2.75) is 19.3 Å². The molecule has 0 aliphatic rings. The van der Waals surface area contributed by atoms with E-state index >= 15 is 0 Å². The van der Waals surface area contributed by atoms with Gasteiger partial charge in [-0.25, -0.2) is 0 Å². The lowest BCUT2D eigenvalue weighted by molar-refractivity contribution is -0.121. The molecule has 0 aliphatic heterocycles. The fraction of sp³-hybridized carbons (Fsp3) is 0.357. The average Bonchev–Trinajstić information content (AvgIpc) is 2.80. The molecule has 4 nitrogen and oxygen atoms in total. The molecular weight excluding hydrogens is 228 g/mol. The summed E-state index contributed by atoms with van der Waals surface area (Å²) < 4.78 is 0. The summed E-state index contributed by atoms with van der Waals surface area (Å²) in [6, 6.07) is 8.08. The minimum atomic E-state index is 0.0359. The number of hydrogen-bond donors (Lipinski definition) is 3. The van der Waals surface area contributed by atoms with Crippen LogP contribution in [0.1, 0.15) is 18.4 Å². The van der Waals surface area contributed by atoms with Crippen LogP contribution in [0, 0.1) is 0 Å². The van der Waals surface area contributed by atoms with E-state index in [1.165, 1.54) is 10.9 Å². The number of aromatic amines is 1. The third-order valence-corrected chi connectivity index (χ3v) is 2.95. The first-order valence-electron chi connectivity index (χ1n) is 6.24. The smallest absolute Gasteiger partial charge is 0.220 e. The number of aliphatic hydroxyl groups is 1. The number of aliphatic hydroxyl groups excluding tert-OH is 1. The van der Waals surface area contributed by atoms with Crippen molar-refractivity contribution in [3.8, 4) is 0 Å². The second-order valence-electron chi connectivity index (χ2n) is 4.29. The van der Waals surface area contributed by atoms with Crippen molar-refractivity contribution in [3.63, 3.8) is 0 Å². The van der Waals surface area contributed by atoms with E-state index in [9.17, 15) is 4.79 Å². The van der Waals surface area contributed by atoms with Gasteiger partial charge in [-0.05, 0) is 24.5 Å². The first kappa shape index (κ1) is 12.6. The molecule has 0 fully saturated rings. The van der Waals surface area contributed by atoms with Crippen LogP contribution in [0.25, 0.3) is 10.9 Å². The molecule has 1 aromatic heterocycles. The number of fused-ring (bicyclic) bond motifs is 1. The van der Waals surface area contributed by atoms with E-state index in [4.69, 9.17) is 5.11 Å². The molecule has 3 N–H and O–H groups in total. The van der Waals surface area contributed by atoms with Gasteiger partial charge in [-0.3, -0.25) is 4.79 Å². The number of rotatable bonds is 6. The number of para-hydroxylation sites is 1. The highest BCUT2D eigenvalue weighted by molar-refractivity contribution is 5.84. The molecule has 0 bridgehead atoms. The van der Waals surface area contributed by atoms with E-state index in [0.29, 0.717) is 19.4 Å². The van der Waals surface area contributed by atoms with Gasteiger partial charge < -0.3 is 15.4 Å². The zero-order chi connectivity index (χ0) is 12.8. The van der Waals surface area contributed by atoms with Crippen LogP contribution in [-0.2, 0) is 11.2 Å². The highest BCUT2D eigenvalue weighted by Crippen LogP contribution is 2.18. The Kier molecular flexibility index (Phi) is 4.36. The lowest BCUT2D eigenvalue weighted by Gasteiger charge is -2.03. The first-order chi connectivity index (χ1) is 8.81. The summed E-state index contributed by atoms with van der Waals surface area (Å²) in [7, 11) is 0. The van der Waals surface area contributed by atoms with Crippen molar-refractivity contribution in [3.05, 3.63) is 36.0 Å². The van der Waals surface area contributed by atoms with Crippen LogP contribution >= 0.6 is 0 Å². The Morgan fingerprint density at radius 3 is 3.00 bits per heavy atom. The quantitative estimate of drug-likeness (QED) is 0.678. The monoisotopic (exact) mass is 246 g/mol. The molecule has 0 saturated carbocycles. The number of nitrogens with one attached hydrogen (secondary N) is 2. The largest absolute Gasteiger partial charge is 0.396 e. The second kappa shape index (κ2) is 6.21. The van der Waals surface area contributed by atoms with Crippen molar-refractivity contribution in [2.24, 2.45) is 0 Å². The summed E-state index contributed by atoms with van der Waals surface area (Å²) >= 11 is 0. The van der Waals surface area contributed by atoms with Gasteiger partial charge in [0.05, 0.1) is 0 Å². The zero-order valence-electron chi connectivity index (χ0n) is 10.3. The molecule has 1 heterocycles. The van der Waals surface area contributed by atoms with Gasteiger partial charge in [0.25, 0.3) is 0 Å². The highest BCUT2D eigenvalue weighted by atomic mass is 16.3. The molecule has 2 rings (SSSR count). The van der Waals surface area contributed by atoms with Crippen molar-refractivity contribution < 1.29 is 9.90 Å². The fourth-order valence-corrected chi connectivity index (χ4v) is 1.98. The van der Waals surface area contributed by atoms with E-state index in [1.54, 1.807) is 0 Å². The van der Waals surface area contributed by atoms with E-state index in [-0.39, 0.29) is 12.5 Å². The Balaban J connectivity index is 1.88. The van der Waals surface area contributed by atoms with E-state index in [2.05, 4.69) is 16.4 Å². The van der Waals surface area contributed by atoms with Gasteiger partial charge in [-0.1, -0.05) is 18.2 Å². The van der Waals surface area contributed by atoms with E-state index in [1.807, 2.05) is 24.4 Å². The standard InChI is InChI=1S/C14H18N2O2/c17-9-3-8-15-14(18)7-6-11-10-16-13-5-2-1-4-12(11)13/h1-2,4-5,10,16-17H,3,6-9H2,(H,15,18). The Labute approximate surface area is 106 Å². The third-order valence-electron chi connectivity index (χ3n) is 2.95. The third kappa shape index (κ3) is 3.11. The van der Waals surface area contributed by atoms with Crippen LogP contribution in [0.2, 0.25) is 0 Å². The number of aromatic nitrogens is 1. The number of amides is 1. The lowest BCUT2D eigenvalue weighted by Crippen LogP contribution is -2.25. The number of hydrogen-bond acceptors (Lipinski definition) is 2. The molecule has 0 saturated heterocycles. The van der Waals surface area contributed by atoms with Gasteiger partial charge in [0.15, 0.2) is 0 Å². The highest BCUT2D eigenvalue weighted by Gasteiger charge is 2.05. The van der Waals surface area contributed by atoms with Crippen LogP contribution in [0.4, 0.5) is 0 Å². The van der Waals surface area contributed by atoms with Crippen LogP contribution in [0.3, 0.4) is 0 Å². The van der Waals surface area contributed by atoms with Gasteiger partial charge >= 0.3 is 0 Å². The van der Waals surface area contributed by atoms with Gasteiger partial charge in [0, 0.05) is 36.7 Å². The van der Waals surface area contributed by atoms with Crippen molar-refractivity contribution in [1.82, 2.24) is 10.3 Å². The predicted octanol–water partition coefficient (Wildman–Crippen LogP) is 1.60. The topological polar surface area (TPSA) is 65.1 Å². The summed E-state index contributed by atoms with van der Waals surface area (Å²) in [5.74, 6) is 0.0359. The van der Waals surface area contributed by atoms with Gasteiger partial charge in [-0.15, -0.1) is 0 Å². The first-order valence-corrected chi connectivity index (χ1v) is 6.24. The Morgan fingerprint density at radius 2 is 2.17 bits per heavy atom. The Bertz CT molecular complexity index is 519. The molecule has 0 unspecified atom stereocenters. The molecule has 2 aromatic rings. The molecule has 0 spiro atoms. The predicted molar refractivity (Wildman–Crippen MR) is 71.3 cm³/mol. The van der Waals surface area contributed by atoms with Crippen molar-refractivity contribution in [1.29, 1.82) is 0 Å². The SMILES string of the molecule is O=C(CCc1c[nH]c2ccccc12)NCCCO. The number of carbonyl (C=O) groups excluding carboxylic acids is 1. The van der Waals surface area contributed by atoms with Crippen molar-refractivity contribution >= 4 is 16.8 Å². The number of H-pyrrole nitrogens is 1. The Hall–Kier alpha value is -1.81. The molecular formula is C14H18N2O2. The molecule has 0 atom stereocenters. The van der Waals surface area contributed by atoms with Crippen molar-refractivity contribution in [2.75, 3.05) is 13.2 Å². The summed E-state index contributed by atoms with van der Waals surface area (Å²) in [4.78, 5) is 14.7. The summed E-state index contributed by atoms with van der Waals surface area (Å²) in [6.45, 7) is 0.659. The number of aryl methyl sites for hydroxylation is 1. The van der Waals surface area contributed by atoms with Gasteiger partial charge in [0.1, 0.15) is 0 Å². The molecule has 0 aliphatic carbocycles. The number of benzene rings is 1. The number of carbonyl (C=O) groups is 1. The minimum absolute atomic E-state index is 0.0359. The summed E-state index contributed by atoms with van der Waals surface area (Å²) in [5.41, 5.74) is 2.27. The summed E-state index contributed by atoms with van der Waals surface area (Å²) in [6.07, 6.45) is 3.78. The second-order valence-corrected chi connectivity index (χ2v) is 4.29. The average molecular weight is 246 g/mol. The van der Waals surface area contributed by atoms with Gasteiger partial charge in [-0.2, -0.15) is 0 Å². The molecule has 1 amide bonds. The fourth-order valence-electron chi connectivity index (χ4n) is 1.98. The van der Waals surface area contributed by atoms with Crippen LogP contribution in [0.5, 0.6) is 0 Å². The van der Waals surface area contributed by atoms with E-state index in [0.717, 1.165) is 11.9 Å².